The summed E-state index contributed by atoms with van der Waals surface area (Å²) in [5.41, 5.74) is 6.28. The molecule has 1 aromatic carbocycles. The Morgan fingerprint density at radius 1 is 1.10 bits per heavy atom. The van der Waals surface area contributed by atoms with Gasteiger partial charge in [-0.15, -0.1) is 0 Å². The van der Waals surface area contributed by atoms with Crippen LogP contribution in [0.4, 0.5) is 5.69 Å². The molecule has 152 valence electrons. The summed E-state index contributed by atoms with van der Waals surface area (Å²) in [5.74, 6) is 0.241. The molecule has 6 rings (SSSR count). The number of carbonyl (C=O) groups is 1. The monoisotopic (exact) mass is 400 g/mol. The molecule has 2 fully saturated rings. The number of carbonyl (C=O) groups excluding carboxylic acids is 1. The lowest BCUT2D eigenvalue weighted by Gasteiger charge is -2.39. The van der Waals surface area contributed by atoms with Crippen molar-refractivity contribution in [3.8, 4) is 11.1 Å². The Hall–Kier alpha value is -3.35. The molecule has 30 heavy (non-hydrogen) atoms. The zero-order chi connectivity index (χ0) is 20.3. The predicted molar refractivity (Wildman–Crippen MR) is 117 cm³/mol. The molecular weight excluding hydrogens is 376 g/mol. The van der Waals surface area contributed by atoms with Gasteiger partial charge in [0.1, 0.15) is 5.65 Å². The largest absolute Gasteiger partial charge is 0.370 e. The van der Waals surface area contributed by atoms with Crippen molar-refractivity contribution in [2.24, 2.45) is 12.5 Å². The van der Waals surface area contributed by atoms with Crippen LogP contribution in [-0.2, 0) is 11.8 Å². The number of pyridine rings is 1. The van der Waals surface area contributed by atoms with Crippen LogP contribution >= 0.6 is 0 Å². The lowest BCUT2D eigenvalue weighted by atomic mass is 9.77. The van der Waals surface area contributed by atoms with E-state index < -0.39 is 0 Å². The lowest BCUT2D eigenvalue weighted by molar-refractivity contribution is -0.128. The van der Waals surface area contributed by atoms with E-state index in [4.69, 9.17) is 0 Å². The quantitative estimate of drug-likeness (QED) is 0.542. The van der Waals surface area contributed by atoms with Gasteiger partial charge in [-0.25, -0.2) is 9.97 Å². The maximum absolute atomic E-state index is 12.4. The number of aryl methyl sites for hydroxylation is 1. The fraction of sp³-hybridized carbons (Fsp3) is 0.348. The molecule has 4 aromatic rings. The van der Waals surface area contributed by atoms with E-state index >= 15 is 0 Å². The Balaban J connectivity index is 1.45. The van der Waals surface area contributed by atoms with Crippen molar-refractivity contribution in [3.63, 3.8) is 0 Å². The van der Waals surface area contributed by atoms with Gasteiger partial charge < -0.3 is 19.8 Å². The average molecular weight is 400 g/mol. The fourth-order valence-corrected chi connectivity index (χ4v) is 5.19. The molecule has 0 radical (unpaired) electrons. The van der Waals surface area contributed by atoms with Gasteiger partial charge in [0, 0.05) is 50.0 Å². The van der Waals surface area contributed by atoms with E-state index in [0.717, 1.165) is 72.1 Å². The minimum Gasteiger partial charge on any atom is -0.370 e. The highest BCUT2D eigenvalue weighted by Gasteiger charge is 2.44. The van der Waals surface area contributed by atoms with Crippen LogP contribution in [0.1, 0.15) is 19.3 Å². The van der Waals surface area contributed by atoms with E-state index in [1.54, 1.807) is 0 Å². The molecule has 1 spiro atoms. The number of nitrogens with zero attached hydrogens (tertiary/aromatic N) is 4. The number of nitrogens with one attached hydrogen (secondary N) is 2. The summed E-state index contributed by atoms with van der Waals surface area (Å²) >= 11 is 0. The second-order valence-corrected chi connectivity index (χ2v) is 8.59. The van der Waals surface area contributed by atoms with Crippen LogP contribution in [0.3, 0.4) is 0 Å². The summed E-state index contributed by atoms with van der Waals surface area (Å²) in [4.78, 5) is 27.3. The molecular formula is C23H24N6O. The highest BCUT2D eigenvalue weighted by Crippen LogP contribution is 2.43. The number of imidazole rings is 1. The van der Waals surface area contributed by atoms with Crippen LogP contribution < -0.4 is 10.2 Å². The van der Waals surface area contributed by atoms with Crippen LogP contribution in [0, 0.1) is 5.41 Å². The second-order valence-electron chi connectivity index (χ2n) is 8.59. The van der Waals surface area contributed by atoms with E-state index in [1.165, 1.54) is 5.69 Å². The molecule has 0 aliphatic carbocycles. The Morgan fingerprint density at radius 2 is 1.97 bits per heavy atom. The molecule has 0 atom stereocenters. The third-order valence-corrected chi connectivity index (χ3v) is 7.00. The SMILES string of the molecule is Cn1cnc2ccc(-c3cnc4[nH]ccc4c3N3CCC4(CCNC4=O)CC3)cc21. The maximum Gasteiger partial charge on any atom is 0.226 e. The molecule has 3 aromatic heterocycles. The van der Waals surface area contributed by atoms with Crippen molar-refractivity contribution < 1.29 is 4.79 Å². The number of benzene rings is 1. The molecule has 0 saturated carbocycles. The summed E-state index contributed by atoms with van der Waals surface area (Å²) < 4.78 is 2.05. The van der Waals surface area contributed by atoms with Crippen molar-refractivity contribution in [3.05, 3.63) is 43.0 Å². The van der Waals surface area contributed by atoms with Gasteiger partial charge in [-0.1, -0.05) is 6.07 Å². The smallest absolute Gasteiger partial charge is 0.226 e. The van der Waals surface area contributed by atoms with E-state index in [1.807, 2.05) is 30.3 Å². The number of aromatic nitrogens is 4. The van der Waals surface area contributed by atoms with Gasteiger partial charge in [0.15, 0.2) is 0 Å². The number of aromatic amines is 1. The van der Waals surface area contributed by atoms with Gasteiger partial charge in [-0.05, 0) is 43.0 Å². The van der Waals surface area contributed by atoms with Crippen molar-refractivity contribution in [1.82, 2.24) is 24.8 Å². The highest BCUT2D eigenvalue weighted by molar-refractivity contribution is 6.00. The molecule has 2 N–H and O–H groups in total. The van der Waals surface area contributed by atoms with Gasteiger partial charge in [0.25, 0.3) is 0 Å². The average Bonchev–Trinajstić information content (AvgIpc) is 3.48. The van der Waals surface area contributed by atoms with Crippen LogP contribution in [0.15, 0.2) is 43.0 Å². The first-order valence-corrected chi connectivity index (χ1v) is 10.6. The first-order chi connectivity index (χ1) is 14.6. The molecule has 1 amide bonds. The fourth-order valence-electron chi connectivity index (χ4n) is 5.19. The van der Waals surface area contributed by atoms with Crippen LogP contribution in [-0.4, -0.2) is 45.1 Å². The standard InChI is InChI=1S/C23H24N6O/c1-28-14-27-18-3-2-15(12-19(18)28)17-13-26-21-16(4-8-24-21)20(17)29-10-6-23(7-11-29)5-9-25-22(23)30/h2-4,8,12-14H,5-7,9-11H2,1H3,(H,24,26)(H,25,30). The van der Waals surface area contributed by atoms with Gasteiger partial charge >= 0.3 is 0 Å². The maximum atomic E-state index is 12.4. The Labute approximate surface area is 174 Å². The molecule has 7 heteroatoms. The number of amides is 1. The van der Waals surface area contributed by atoms with E-state index in [9.17, 15) is 4.79 Å². The third-order valence-electron chi connectivity index (χ3n) is 7.00. The molecule has 0 bridgehead atoms. The summed E-state index contributed by atoms with van der Waals surface area (Å²) in [7, 11) is 2.02. The zero-order valence-electron chi connectivity index (χ0n) is 17.0. The molecule has 2 aliphatic rings. The zero-order valence-corrected chi connectivity index (χ0v) is 17.0. The second kappa shape index (κ2) is 6.32. The Kier molecular flexibility index (Phi) is 3.69. The van der Waals surface area contributed by atoms with Crippen molar-refractivity contribution >= 4 is 33.7 Å². The third kappa shape index (κ3) is 2.47. The Bertz CT molecular complexity index is 1280. The summed E-state index contributed by atoms with van der Waals surface area (Å²) in [5, 5.41) is 4.17. The summed E-state index contributed by atoms with van der Waals surface area (Å²) in [6.45, 7) is 2.56. The minimum absolute atomic E-state index is 0.172. The summed E-state index contributed by atoms with van der Waals surface area (Å²) in [6, 6.07) is 8.50. The van der Waals surface area contributed by atoms with E-state index in [-0.39, 0.29) is 11.3 Å². The number of anilines is 1. The van der Waals surface area contributed by atoms with Gasteiger partial charge in [-0.3, -0.25) is 4.79 Å². The normalized spacial score (nSPS) is 18.6. The number of hydrogen-bond acceptors (Lipinski definition) is 4. The number of fused-ring (bicyclic) bond motifs is 2. The molecule has 5 heterocycles. The van der Waals surface area contributed by atoms with Gasteiger partial charge in [0.2, 0.25) is 5.91 Å². The van der Waals surface area contributed by atoms with Crippen molar-refractivity contribution in [1.29, 1.82) is 0 Å². The van der Waals surface area contributed by atoms with Crippen LogP contribution in [0.25, 0.3) is 33.2 Å². The first-order valence-electron chi connectivity index (χ1n) is 10.6. The number of rotatable bonds is 2. The minimum atomic E-state index is -0.172. The molecule has 2 aliphatic heterocycles. The highest BCUT2D eigenvalue weighted by atomic mass is 16.2. The Morgan fingerprint density at radius 3 is 2.77 bits per heavy atom. The molecule has 7 nitrogen and oxygen atoms in total. The molecule has 0 unspecified atom stereocenters. The number of hydrogen-bond donors (Lipinski definition) is 2. The van der Waals surface area contributed by atoms with Gasteiger partial charge in [0.05, 0.1) is 28.5 Å². The van der Waals surface area contributed by atoms with E-state index in [0.29, 0.717) is 0 Å². The van der Waals surface area contributed by atoms with Crippen LogP contribution in [0.2, 0.25) is 0 Å². The number of piperidine rings is 1. The van der Waals surface area contributed by atoms with Crippen molar-refractivity contribution in [2.75, 3.05) is 24.5 Å². The van der Waals surface area contributed by atoms with Crippen molar-refractivity contribution in [2.45, 2.75) is 19.3 Å². The van der Waals surface area contributed by atoms with E-state index in [2.05, 4.69) is 49.4 Å². The summed E-state index contributed by atoms with van der Waals surface area (Å²) in [6.07, 6.45) is 8.52. The van der Waals surface area contributed by atoms with Gasteiger partial charge in [-0.2, -0.15) is 0 Å². The number of H-pyrrole nitrogens is 1. The lowest BCUT2D eigenvalue weighted by Crippen LogP contribution is -2.44. The topological polar surface area (TPSA) is 78.8 Å². The molecule has 2 saturated heterocycles. The first kappa shape index (κ1) is 17.5. The van der Waals surface area contributed by atoms with Crippen LogP contribution in [0.5, 0.6) is 0 Å². The predicted octanol–water partition coefficient (Wildman–Crippen LogP) is 3.22.